The smallest absolute Gasteiger partial charge is 0.222 e. The molecule has 1 rings (SSSR count). The zero-order chi connectivity index (χ0) is 11.3. The second kappa shape index (κ2) is 5.31. The van der Waals surface area contributed by atoms with E-state index in [0.717, 1.165) is 43.6 Å². The van der Waals surface area contributed by atoms with E-state index in [2.05, 4.69) is 13.6 Å². The molecule has 0 aromatic rings. The number of rotatable bonds is 3. The van der Waals surface area contributed by atoms with Gasteiger partial charge in [-0.1, -0.05) is 13.5 Å². The van der Waals surface area contributed by atoms with Crippen LogP contribution >= 0.6 is 0 Å². The Balaban J connectivity index is 2.55. The predicted octanol–water partition coefficient (Wildman–Crippen LogP) is 1.26. The van der Waals surface area contributed by atoms with Crippen molar-refractivity contribution in [3.8, 4) is 0 Å². The van der Waals surface area contributed by atoms with Gasteiger partial charge in [0.05, 0.1) is 33.2 Å². The van der Waals surface area contributed by atoms with Crippen LogP contribution in [0.5, 0.6) is 0 Å². The largest absolute Gasteiger partial charge is 0.337 e. The van der Waals surface area contributed by atoms with Crippen molar-refractivity contribution in [1.82, 2.24) is 4.90 Å². The van der Waals surface area contributed by atoms with Crippen molar-refractivity contribution >= 4 is 5.91 Å². The number of hydrogen-bond donors (Lipinski definition) is 0. The molecule has 1 fully saturated rings. The number of nitrogens with zero attached hydrogens (tertiary/aromatic N) is 2. The van der Waals surface area contributed by atoms with E-state index in [0.29, 0.717) is 12.3 Å². The lowest BCUT2D eigenvalue weighted by Gasteiger charge is -2.32. The lowest BCUT2D eigenvalue weighted by molar-refractivity contribution is -0.902. The van der Waals surface area contributed by atoms with Gasteiger partial charge < -0.3 is 9.38 Å². The summed E-state index contributed by atoms with van der Waals surface area (Å²) in [6.07, 6.45) is 3.72. The molecule has 0 saturated carbocycles. The molecule has 15 heavy (non-hydrogen) atoms. The second-order valence-corrected chi connectivity index (χ2v) is 4.63. The fraction of sp³-hybridized carbons (Fsp3) is 0.750. The number of carbonyl (C=O) groups is 1. The third-order valence-electron chi connectivity index (χ3n) is 3.26. The third-order valence-corrected chi connectivity index (χ3v) is 3.26. The summed E-state index contributed by atoms with van der Waals surface area (Å²) in [5.41, 5.74) is 0. The Labute approximate surface area is 92.9 Å². The van der Waals surface area contributed by atoms with Crippen molar-refractivity contribution in [3.63, 3.8) is 0 Å². The van der Waals surface area contributed by atoms with Gasteiger partial charge in [0.25, 0.3) is 0 Å². The molecule has 1 aliphatic heterocycles. The minimum Gasteiger partial charge on any atom is -0.337 e. The molecule has 0 radical (unpaired) electrons. The fourth-order valence-electron chi connectivity index (χ4n) is 2.20. The molecule has 1 unspecified atom stereocenters. The van der Waals surface area contributed by atoms with Gasteiger partial charge in [0.1, 0.15) is 0 Å². The molecule has 1 heterocycles. The van der Waals surface area contributed by atoms with Crippen LogP contribution in [0.3, 0.4) is 0 Å². The molecule has 3 nitrogen and oxygen atoms in total. The summed E-state index contributed by atoms with van der Waals surface area (Å²) >= 11 is 0. The zero-order valence-corrected chi connectivity index (χ0v) is 10.0. The van der Waals surface area contributed by atoms with Crippen molar-refractivity contribution in [2.45, 2.75) is 19.8 Å². The van der Waals surface area contributed by atoms with Gasteiger partial charge in [0.2, 0.25) is 5.91 Å². The van der Waals surface area contributed by atoms with E-state index in [1.165, 1.54) is 0 Å². The first-order chi connectivity index (χ1) is 7.11. The lowest BCUT2D eigenvalue weighted by atomic mass is 10.3. The number of likely N-dealkylation sites (N-methyl/N-ethyl adjacent to an activating group) is 1. The van der Waals surface area contributed by atoms with Crippen LogP contribution in [-0.4, -0.2) is 55.1 Å². The predicted molar refractivity (Wildman–Crippen MR) is 62.5 cm³/mol. The Morgan fingerprint density at radius 3 is 2.80 bits per heavy atom. The summed E-state index contributed by atoms with van der Waals surface area (Å²) in [6, 6.07) is 0. The van der Waals surface area contributed by atoms with Crippen LogP contribution in [0.1, 0.15) is 19.8 Å². The van der Waals surface area contributed by atoms with Gasteiger partial charge in [-0.15, -0.1) is 0 Å². The van der Waals surface area contributed by atoms with Gasteiger partial charge >= 0.3 is 0 Å². The number of amides is 1. The Morgan fingerprint density at radius 2 is 2.20 bits per heavy atom. The number of hydrogen-bond acceptors (Lipinski definition) is 1. The molecule has 0 aliphatic carbocycles. The second-order valence-electron chi connectivity index (χ2n) is 4.63. The minimum atomic E-state index is 0.294. The molecule has 3 heteroatoms. The average molecular weight is 211 g/mol. The Hall–Kier alpha value is -0.830. The highest BCUT2D eigenvalue weighted by Crippen LogP contribution is 2.11. The maximum atomic E-state index is 11.6. The normalized spacial score (nSPS) is 27.2. The fourth-order valence-corrected chi connectivity index (χ4v) is 2.20. The number of quaternary nitrogens is 1. The third kappa shape index (κ3) is 3.34. The van der Waals surface area contributed by atoms with Crippen LogP contribution in [0.15, 0.2) is 12.7 Å². The first-order valence-corrected chi connectivity index (χ1v) is 5.83. The Kier molecular flexibility index (Phi) is 4.33. The molecule has 0 spiro atoms. The highest BCUT2D eigenvalue weighted by molar-refractivity contribution is 5.75. The van der Waals surface area contributed by atoms with E-state index in [1.54, 1.807) is 0 Å². The molecular weight excluding hydrogens is 188 g/mol. The summed E-state index contributed by atoms with van der Waals surface area (Å²) in [6.45, 7) is 10.8. The average Bonchev–Trinajstić information content (AvgIpc) is 2.40. The molecule has 1 saturated heterocycles. The van der Waals surface area contributed by atoms with Gasteiger partial charge in [0.15, 0.2) is 0 Å². The molecule has 0 aromatic carbocycles. The summed E-state index contributed by atoms with van der Waals surface area (Å²) < 4.78 is 1.02. The van der Waals surface area contributed by atoms with Gasteiger partial charge in [-0.2, -0.15) is 0 Å². The molecule has 86 valence electrons. The highest BCUT2D eigenvalue weighted by Gasteiger charge is 2.26. The van der Waals surface area contributed by atoms with Crippen molar-refractivity contribution in [1.29, 1.82) is 0 Å². The Bertz CT molecular complexity index is 240. The molecule has 0 aromatic heterocycles. The highest BCUT2D eigenvalue weighted by atomic mass is 16.2. The quantitative estimate of drug-likeness (QED) is 0.508. The summed E-state index contributed by atoms with van der Waals surface area (Å²) in [5.74, 6) is 0.294. The van der Waals surface area contributed by atoms with Gasteiger partial charge in [0, 0.05) is 19.4 Å². The summed E-state index contributed by atoms with van der Waals surface area (Å²) in [4.78, 5) is 13.6. The summed E-state index contributed by atoms with van der Waals surface area (Å²) in [7, 11) is 2.25. The van der Waals surface area contributed by atoms with E-state index in [4.69, 9.17) is 0 Å². The molecule has 0 N–H and O–H groups in total. The summed E-state index contributed by atoms with van der Waals surface area (Å²) in [5, 5.41) is 0. The van der Waals surface area contributed by atoms with Crippen LogP contribution in [0.2, 0.25) is 0 Å². The van der Waals surface area contributed by atoms with Crippen LogP contribution < -0.4 is 0 Å². The molecule has 1 atom stereocenters. The van der Waals surface area contributed by atoms with Crippen LogP contribution in [-0.2, 0) is 4.79 Å². The van der Waals surface area contributed by atoms with Crippen LogP contribution in [0, 0.1) is 0 Å². The minimum absolute atomic E-state index is 0.294. The van der Waals surface area contributed by atoms with E-state index in [9.17, 15) is 4.79 Å². The topological polar surface area (TPSA) is 20.3 Å². The van der Waals surface area contributed by atoms with Crippen molar-refractivity contribution in [2.75, 3.05) is 39.8 Å². The van der Waals surface area contributed by atoms with E-state index in [-0.39, 0.29) is 0 Å². The number of carbonyl (C=O) groups excluding carboxylic acids is 1. The van der Waals surface area contributed by atoms with E-state index >= 15 is 0 Å². The zero-order valence-electron chi connectivity index (χ0n) is 10.0. The van der Waals surface area contributed by atoms with Crippen molar-refractivity contribution < 1.29 is 9.28 Å². The van der Waals surface area contributed by atoms with Gasteiger partial charge in [-0.3, -0.25) is 4.79 Å². The van der Waals surface area contributed by atoms with Crippen LogP contribution in [0.4, 0.5) is 0 Å². The maximum absolute atomic E-state index is 11.6. The van der Waals surface area contributed by atoms with E-state index < -0.39 is 0 Å². The van der Waals surface area contributed by atoms with Gasteiger partial charge in [-0.05, 0) is 6.08 Å². The molecular formula is C12H23N2O+. The standard InChI is InChI=1S/C12H23N2O/c1-4-9-14(3)10-6-7-13(8-11-14)12(15)5-2/h4H,1,5-11H2,2-3H3/q+1. The SMILES string of the molecule is C=CC[N+]1(C)CCCN(C(=O)CC)CC1. The molecule has 1 amide bonds. The first-order valence-electron chi connectivity index (χ1n) is 5.83. The maximum Gasteiger partial charge on any atom is 0.222 e. The Morgan fingerprint density at radius 1 is 1.47 bits per heavy atom. The molecule has 1 aliphatic rings. The van der Waals surface area contributed by atoms with Gasteiger partial charge in [-0.25, -0.2) is 0 Å². The van der Waals surface area contributed by atoms with Crippen molar-refractivity contribution in [2.24, 2.45) is 0 Å². The molecule has 0 bridgehead atoms. The van der Waals surface area contributed by atoms with Crippen LogP contribution in [0.25, 0.3) is 0 Å². The monoisotopic (exact) mass is 211 g/mol. The van der Waals surface area contributed by atoms with Crippen molar-refractivity contribution in [3.05, 3.63) is 12.7 Å². The first kappa shape index (κ1) is 12.2. The lowest BCUT2D eigenvalue weighted by Crippen LogP contribution is -2.47. The van der Waals surface area contributed by atoms with E-state index in [1.807, 2.05) is 17.9 Å².